The van der Waals surface area contributed by atoms with Crippen LogP contribution < -0.4 is 5.73 Å². The third-order valence-corrected chi connectivity index (χ3v) is 5.21. The second-order valence-corrected chi connectivity index (χ2v) is 7.06. The third kappa shape index (κ3) is 4.26. The van der Waals surface area contributed by atoms with Crippen molar-refractivity contribution in [3.8, 4) is 0 Å². The molecule has 2 aromatic carbocycles. The van der Waals surface area contributed by atoms with Gasteiger partial charge >= 0.3 is 0 Å². The van der Waals surface area contributed by atoms with E-state index in [4.69, 9.17) is 17.3 Å². The molecule has 0 fully saturated rings. The Balaban J connectivity index is 2.29. The maximum atomic E-state index is 6.24. The maximum absolute atomic E-state index is 6.24. The second-order valence-electron chi connectivity index (χ2n) is 4.66. The summed E-state index contributed by atoms with van der Waals surface area (Å²) in [7, 11) is 0. The Hall–Kier alpha value is -0.480. The van der Waals surface area contributed by atoms with Crippen molar-refractivity contribution < 1.29 is 0 Å². The van der Waals surface area contributed by atoms with Crippen LogP contribution in [-0.4, -0.2) is 6.04 Å². The SMILES string of the molecule is CCC(N)Cc1cc(Br)ccc1Sc1ccccc1Cl. The fraction of sp³-hybridized carbons (Fsp3) is 0.250. The molecule has 0 spiro atoms. The summed E-state index contributed by atoms with van der Waals surface area (Å²) in [5.74, 6) is 0. The number of nitrogens with two attached hydrogens (primary N) is 1. The molecule has 0 saturated heterocycles. The summed E-state index contributed by atoms with van der Waals surface area (Å²) in [4.78, 5) is 2.29. The average molecular weight is 371 g/mol. The van der Waals surface area contributed by atoms with E-state index in [1.54, 1.807) is 11.8 Å². The van der Waals surface area contributed by atoms with E-state index in [1.807, 2.05) is 24.3 Å². The zero-order chi connectivity index (χ0) is 14.5. The predicted octanol–water partition coefficient (Wildman–Crippen LogP) is 5.53. The van der Waals surface area contributed by atoms with Crippen LogP contribution in [-0.2, 0) is 6.42 Å². The lowest BCUT2D eigenvalue weighted by Gasteiger charge is -2.14. The Bertz CT molecular complexity index is 588. The first-order valence-corrected chi connectivity index (χ1v) is 8.55. The summed E-state index contributed by atoms with van der Waals surface area (Å²) < 4.78 is 1.08. The molecule has 20 heavy (non-hydrogen) atoms. The fourth-order valence-electron chi connectivity index (χ4n) is 1.88. The molecule has 0 aliphatic rings. The molecule has 0 aliphatic carbocycles. The van der Waals surface area contributed by atoms with E-state index in [2.05, 4.69) is 41.1 Å². The van der Waals surface area contributed by atoms with E-state index in [-0.39, 0.29) is 6.04 Å². The van der Waals surface area contributed by atoms with E-state index in [0.717, 1.165) is 27.2 Å². The second kappa shape index (κ2) is 7.51. The van der Waals surface area contributed by atoms with Crippen molar-refractivity contribution in [2.24, 2.45) is 5.73 Å². The van der Waals surface area contributed by atoms with Crippen LogP contribution >= 0.6 is 39.3 Å². The molecule has 1 nitrogen and oxygen atoms in total. The maximum Gasteiger partial charge on any atom is 0.0545 e. The fourth-order valence-corrected chi connectivity index (χ4v) is 3.50. The molecule has 2 N–H and O–H groups in total. The molecule has 4 heteroatoms. The molecule has 0 amide bonds. The molecule has 1 atom stereocenters. The Morgan fingerprint density at radius 2 is 1.95 bits per heavy atom. The van der Waals surface area contributed by atoms with Crippen molar-refractivity contribution in [2.75, 3.05) is 0 Å². The molecule has 2 aromatic rings. The number of hydrogen-bond donors (Lipinski definition) is 1. The highest BCUT2D eigenvalue weighted by Gasteiger charge is 2.10. The van der Waals surface area contributed by atoms with Crippen LogP contribution in [0.3, 0.4) is 0 Å². The summed E-state index contributed by atoms with van der Waals surface area (Å²) in [6, 6.07) is 14.4. The van der Waals surface area contributed by atoms with Crippen molar-refractivity contribution in [3.05, 3.63) is 57.5 Å². The molecule has 2 rings (SSSR count). The standard InChI is InChI=1S/C16H17BrClNS/c1-2-13(19)10-11-9-12(17)7-8-15(11)20-16-6-4-3-5-14(16)18/h3-9,13H,2,10,19H2,1H3. The van der Waals surface area contributed by atoms with Crippen LogP contribution in [0.5, 0.6) is 0 Å². The largest absolute Gasteiger partial charge is 0.327 e. The zero-order valence-corrected chi connectivity index (χ0v) is 14.4. The first-order chi connectivity index (χ1) is 9.60. The summed E-state index contributed by atoms with van der Waals surface area (Å²) >= 11 is 11.5. The monoisotopic (exact) mass is 369 g/mol. The van der Waals surface area contributed by atoms with Crippen molar-refractivity contribution in [2.45, 2.75) is 35.6 Å². The van der Waals surface area contributed by atoms with Gasteiger partial charge in [0.2, 0.25) is 0 Å². The molecule has 106 valence electrons. The first kappa shape index (κ1) is 15.9. The Morgan fingerprint density at radius 1 is 1.20 bits per heavy atom. The lowest BCUT2D eigenvalue weighted by atomic mass is 10.1. The molecule has 0 saturated carbocycles. The van der Waals surface area contributed by atoms with Crippen LogP contribution in [0, 0.1) is 0 Å². The Morgan fingerprint density at radius 3 is 2.65 bits per heavy atom. The quantitative estimate of drug-likeness (QED) is 0.748. The van der Waals surface area contributed by atoms with E-state index in [0.29, 0.717) is 0 Å². The highest BCUT2D eigenvalue weighted by atomic mass is 79.9. The predicted molar refractivity (Wildman–Crippen MR) is 91.7 cm³/mol. The van der Waals surface area contributed by atoms with Gasteiger partial charge in [-0.25, -0.2) is 0 Å². The van der Waals surface area contributed by atoms with Gasteiger partial charge in [0.1, 0.15) is 0 Å². The van der Waals surface area contributed by atoms with Gasteiger partial charge in [0, 0.05) is 20.3 Å². The number of hydrogen-bond acceptors (Lipinski definition) is 2. The van der Waals surface area contributed by atoms with Gasteiger partial charge in [-0.1, -0.05) is 58.3 Å². The van der Waals surface area contributed by atoms with Crippen LogP contribution in [0.4, 0.5) is 0 Å². The molecule has 0 heterocycles. The molecule has 0 aliphatic heterocycles. The van der Waals surface area contributed by atoms with Crippen LogP contribution in [0.2, 0.25) is 5.02 Å². The summed E-state index contributed by atoms with van der Waals surface area (Å²) in [6.45, 7) is 2.11. The third-order valence-electron chi connectivity index (χ3n) is 3.09. The van der Waals surface area contributed by atoms with E-state index in [9.17, 15) is 0 Å². The lowest BCUT2D eigenvalue weighted by molar-refractivity contribution is 0.641. The van der Waals surface area contributed by atoms with Gasteiger partial charge in [0.05, 0.1) is 5.02 Å². The number of rotatable bonds is 5. The zero-order valence-electron chi connectivity index (χ0n) is 11.3. The van der Waals surface area contributed by atoms with Gasteiger partial charge in [0.25, 0.3) is 0 Å². The molecule has 0 aromatic heterocycles. The highest BCUT2D eigenvalue weighted by Crippen LogP contribution is 2.36. The van der Waals surface area contributed by atoms with Gasteiger partial charge in [-0.2, -0.15) is 0 Å². The number of halogens is 2. The van der Waals surface area contributed by atoms with Gasteiger partial charge < -0.3 is 5.73 Å². The molecule has 0 bridgehead atoms. The minimum Gasteiger partial charge on any atom is -0.327 e. The molecular weight excluding hydrogens is 354 g/mol. The molecular formula is C16H17BrClNS. The number of benzene rings is 2. The van der Waals surface area contributed by atoms with Crippen molar-refractivity contribution >= 4 is 39.3 Å². The van der Waals surface area contributed by atoms with E-state index < -0.39 is 0 Å². The van der Waals surface area contributed by atoms with Crippen molar-refractivity contribution in [1.82, 2.24) is 0 Å². The van der Waals surface area contributed by atoms with Gasteiger partial charge in [0.15, 0.2) is 0 Å². The average Bonchev–Trinajstić information content (AvgIpc) is 2.44. The first-order valence-electron chi connectivity index (χ1n) is 6.56. The van der Waals surface area contributed by atoms with Crippen molar-refractivity contribution in [1.29, 1.82) is 0 Å². The minimum atomic E-state index is 0.190. The van der Waals surface area contributed by atoms with Crippen LogP contribution in [0.15, 0.2) is 56.7 Å². The Kier molecular flexibility index (Phi) is 5.97. The normalized spacial score (nSPS) is 12.4. The van der Waals surface area contributed by atoms with Crippen LogP contribution in [0.1, 0.15) is 18.9 Å². The van der Waals surface area contributed by atoms with Crippen LogP contribution in [0.25, 0.3) is 0 Å². The van der Waals surface area contributed by atoms with Gasteiger partial charge in [-0.05, 0) is 48.7 Å². The molecule has 0 radical (unpaired) electrons. The van der Waals surface area contributed by atoms with E-state index in [1.165, 1.54) is 10.5 Å². The topological polar surface area (TPSA) is 26.0 Å². The Labute approximate surface area is 138 Å². The summed E-state index contributed by atoms with van der Waals surface area (Å²) in [5.41, 5.74) is 7.36. The minimum absolute atomic E-state index is 0.190. The smallest absolute Gasteiger partial charge is 0.0545 e. The van der Waals surface area contributed by atoms with Gasteiger partial charge in [-0.3, -0.25) is 0 Å². The molecule has 1 unspecified atom stereocenters. The summed E-state index contributed by atoms with van der Waals surface area (Å²) in [6.07, 6.45) is 1.85. The van der Waals surface area contributed by atoms with Crippen molar-refractivity contribution in [3.63, 3.8) is 0 Å². The summed E-state index contributed by atoms with van der Waals surface area (Å²) in [5, 5.41) is 0.783. The van der Waals surface area contributed by atoms with Gasteiger partial charge in [-0.15, -0.1) is 0 Å². The lowest BCUT2D eigenvalue weighted by Crippen LogP contribution is -2.21. The highest BCUT2D eigenvalue weighted by molar-refractivity contribution is 9.10. The van der Waals surface area contributed by atoms with E-state index >= 15 is 0 Å².